The molecule has 1 heterocycles. The summed E-state index contributed by atoms with van der Waals surface area (Å²) in [6.07, 6.45) is 3.75. The Labute approximate surface area is 130 Å². The van der Waals surface area contributed by atoms with Gasteiger partial charge >= 0.3 is 0 Å². The van der Waals surface area contributed by atoms with E-state index >= 15 is 0 Å². The zero-order valence-electron chi connectivity index (χ0n) is 14.3. The molecule has 0 bridgehead atoms. The van der Waals surface area contributed by atoms with Crippen LogP contribution in [0.3, 0.4) is 0 Å². The molecule has 2 heteroatoms. The van der Waals surface area contributed by atoms with Gasteiger partial charge in [0.25, 0.3) is 0 Å². The fourth-order valence-corrected chi connectivity index (χ4v) is 3.52. The fraction of sp³-hybridized carbons (Fsp3) is 0.684. The van der Waals surface area contributed by atoms with E-state index < -0.39 is 0 Å². The predicted molar refractivity (Wildman–Crippen MR) is 93.1 cm³/mol. The highest BCUT2D eigenvalue weighted by molar-refractivity contribution is 5.57. The Kier molecular flexibility index (Phi) is 5.69. The van der Waals surface area contributed by atoms with Crippen molar-refractivity contribution >= 4 is 5.69 Å². The standard InChI is InChI=1S/C19H32N2/c1-5-11-19(4,14-20-13-16(2)3)15-21-12-10-17-8-6-7-9-18(17)21/h6-9,16,20H,5,10-15H2,1-4H3. The third-order valence-corrected chi connectivity index (χ3v) is 4.51. The Hall–Kier alpha value is -1.02. The van der Waals surface area contributed by atoms with Gasteiger partial charge in [0.05, 0.1) is 0 Å². The Balaban J connectivity index is 1.99. The molecular formula is C19H32N2. The molecule has 1 aliphatic rings. The minimum atomic E-state index is 0.362. The molecule has 1 unspecified atom stereocenters. The molecule has 2 nitrogen and oxygen atoms in total. The lowest BCUT2D eigenvalue weighted by molar-refractivity contribution is 0.277. The number of rotatable bonds is 8. The third kappa shape index (κ3) is 4.47. The highest BCUT2D eigenvalue weighted by Crippen LogP contribution is 2.32. The van der Waals surface area contributed by atoms with E-state index in [9.17, 15) is 0 Å². The van der Waals surface area contributed by atoms with Crippen molar-refractivity contribution in [3.8, 4) is 0 Å². The van der Waals surface area contributed by atoms with Crippen LogP contribution in [-0.4, -0.2) is 26.2 Å². The van der Waals surface area contributed by atoms with Crippen molar-refractivity contribution in [2.75, 3.05) is 31.1 Å². The Morgan fingerprint density at radius 3 is 2.76 bits per heavy atom. The minimum absolute atomic E-state index is 0.362. The van der Waals surface area contributed by atoms with Gasteiger partial charge in [0, 0.05) is 25.3 Å². The maximum absolute atomic E-state index is 3.68. The van der Waals surface area contributed by atoms with Gasteiger partial charge in [0.1, 0.15) is 0 Å². The molecule has 1 aliphatic heterocycles. The van der Waals surface area contributed by atoms with Crippen LogP contribution in [0.25, 0.3) is 0 Å². The monoisotopic (exact) mass is 288 g/mol. The van der Waals surface area contributed by atoms with E-state index in [4.69, 9.17) is 0 Å². The summed E-state index contributed by atoms with van der Waals surface area (Å²) in [6, 6.07) is 8.91. The number of hydrogen-bond acceptors (Lipinski definition) is 2. The van der Waals surface area contributed by atoms with Gasteiger partial charge < -0.3 is 10.2 Å². The number of nitrogens with zero attached hydrogens (tertiary/aromatic N) is 1. The van der Waals surface area contributed by atoms with E-state index in [1.54, 1.807) is 0 Å². The first-order chi connectivity index (χ1) is 10.0. The summed E-state index contributed by atoms with van der Waals surface area (Å²) in [5.41, 5.74) is 3.34. The van der Waals surface area contributed by atoms with Gasteiger partial charge in [-0.2, -0.15) is 0 Å². The zero-order valence-corrected chi connectivity index (χ0v) is 14.3. The molecule has 0 saturated heterocycles. The molecule has 118 valence electrons. The molecule has 0 amide bonds. The zero-order chi connectivity index (χ0) is 15.3. The van der Waals surface area contributed by atoms with Crippen molar-refractivity contribution in [2.24, 2.45) is 11.3 Å². The summed E-state index contributed by atoms with van der Waals surface area (Å²) in [7, 11) is 0. The molecule has 1 atom stereocenters. The number of para-hydroxylation sites is 1. The molecule has 0 spiro atoms. The molecule has 0 saturated carbocycles. The SMILES string of the molecule is CCCC(C)(CNCC(C)C)CN1CCc2ccccc21. The van der Waals surface area contributed by atoms with Crippen molar-refractivity contribution in [3.63, 3.8) is 0 Å². The number of benzene rings is 1. The van der Waals surface area contributed by atoms with Crippen LogP contribution in [0.5, 0.6) is 0 Å². The average molecular weight is 288 g/mol. The number of anilines is 1. The van der Waals surface area contributed by atoms with Gasteiger partial charge in [-0.15, -0.1) is 0 Å². The highest BCUT2D eigenvalue weighted by atomic mass is 15.2. The van der Waals surface area contributed by atoms with E-state index in [1.165, 1.54) is 43.6 Å². The Morgan fingerprint density at radius 2 is 2.05 bits per heavy atom. The van der Waals surface area contributed by atoms with Crippen LogP contribution in [-0.2, 0) is 6.42 Å². The van der Waals surface area contributed by atoms with Gasteiger partial charge in [-0.05, 0) is 42.3 Å². The van der Waals surface area contributed by atoms with Crippen molar-refractivity contribution in [3.05, 3.63) is 29.8 Å². The van der Waals surface area contributed by atoms with Crippen LogP contribution in [0.1, 0.15) is 46.1 Å². The molecule has 0 fully saturated rings. The summed E-state index contributed by atoms with van der Waals surface area (Å²) in [5.74, 6) is 0.725. The van der Waals surface area contributed by atoms with E-state index in [0.717, 1.165) is 19.0 Å². The van der Waals surface area contributed by atoms with Crippen LogP contribution in [0, 0.1) is 11.3 Å². The molecule has 0 aliphatic carbocycles. The molecule has 0 aromatic heterocycles. The van der Waals surface area contributed by atoms with Crippen LogP contribution in [0.15, 0.2) is 24.3 Å². The van der Waals surface area contributed by atoms with E-state index in [0.29, 0.717) is 5.41 Å². The quantitative estimate of drug-likeness (QED) is 0.774. The average Bonchev–Trinajstić information content (AvgIpc) is 2.82. The summed E-state index contributed by atoms with van der Waals surface area (Å²) in [4.78, 5) is 2.60. The maximum atomic E-state index is 3.68. The number of hydrogen-bond donors (Lipinski definition) is 1. The second-order valence-electron chi connectivity index (χ2n) is 7.39. The molecule has 1 aromatic rings. The van der Waals surface area contributed by atoms with Gasteiger partial charge in [-0.3, -0.25) is 0 Å². The second kappa shape index (κ2) is 7.31. The van der Waals surface area contributed by atoms with E-state index in [1.807, 2.05) is 0 Å². The highest BCUT2D eigenvalue weighted by Gasteiger charge is 2.29. The molecular weight excluding hydrogens is 256 g/mol. The first-order valence-corrected chi connectivity index (χ1v) is 8.57. The van der Waals surface area contributed by atoms with Crippen molar-refractivity contribution in [1.29, 1.82) is 0 Å². The van der Waals surface area contributed by atoms with E-state index in [2.05, 4.69) is 62.2 Å². The largest absolute Gasteiger partial charge is 0.370 e. The normalized spacial score (nSPS) is 17.1. The van der Waals surface area contributed by atoms with Gasteiger partial charge in [-0.25, -0.2) is 0 Å². The van der Waals surface area contributed by atoms with Crippen LogP contribution in [0.4, 0.5) is 5.69 Å². The van der Waals surface area contributed by atoms with Crippen molar-refractivity contribution in [1.82, 2.24) is 5.32 Å². The van der Waals surface area contributed by atoms with Crippen LogP contribution >= 0.6 is 0 Å². The van der Waals surface area contributed by atoms with E-state index in [-0.39, 0.29) is 0 Å². The minimum Gasteiger partial charge on any atom is -0.370 e. The smallest absolute Gasteiger partial charge is 0.0399 e. The van der Waals surface area contributed by atoms with Gasteiger partial charge in [0.15, 0.2) is 0 Å². The molecule has 1 aromatic carbocycles. The number of nitrogens with one attached hydrogen (secondary N) is 1. The summed E-state index contributed by atoms with van der Waals surface area (Å²) in [6.45, 7) is 13.9. The van der Waals surface area contributed by atoms with Gasteiger partial charge in [-0.1, -0.05) is 52.3 Å². The fourth-order valence-electron chi connectivity index (χ4n) is 3.52. The summed E-state index contributed by atoms with van der Waals surface area (Å²) in [5, 5.41) is 3.68. The predicted octanol–water partition coefficient (Wildman–Crippen LogP) is 4.10. The lowest BCUT2D eigenvalue weighted by Gasteiger charge is -2.35. The van der Waals surface area contributed by atoms with Crippen molar-refractivity contribution < 1.29 is 0 Å². The number of fused-ring (bicyclic) bond motifs is 1. The topological polar surface area (TPSA) is 15.3 Å². The second-order valence-corrected chi connectivity index (χ2v) is 7.39. The third-order valence-electron chi connectivity index (χ3n) is 4.51. The lowest BCUT2D eigenvalue weighted by Crippen LogP contribution is -2.42. The van der Waals surface area contributed by atoms with Gasteiger partial charge in [0.2, 0.25) is 0 Å². The molecule has 21 heavy (non-hydrogen) atoms. The van der Waals surface area contributed by atoms with Crippen LogP contribution < -0.4 is 10.2 Å². The maximum Gasteiger partial charge on any atom is 0.0399 e. The Morgan fingerprint density at radius 1 is 1.29 bits per heavy atom. The van der Waals surface area contributed by atoms with Crippen LogP contribution in [0.2, 0.25) is 0 Å². The molecule has 1 N–H and O–H groups in total. The van der Waals surface area contributed by atoms with Crippen molar-refractivity contribution in [2.45, 2.75) is 47.0 Å². The first kappa shape index (κ1) is 16.4. The molecule has 0 radical (unpaired) electrons. The summed E-state index contributed by atoms with van der Waals surface area (Å²) < 4.78 is 0. The lowest BCUT2D eigenvalue weighted by atomic mass is 9.84. The first-order valence-electron chi connectivity index (χ1n) is 8.57. The summed E-state index contributed by atoms with van der Waals surface area (Å²) >= 11 is 0. The Bertz CT molecular complexity index is 441. The molecule has 2 rings (SSSR count).